The average molecular weight is 352 g/mol. The molecular formula is C19H29NO3S. The summed E-state index contributed by atoms with van der Waals surface area (Å²) < 4.78 is 33.6. The molecule has 134 valence electrons. The molecule has 0 radical (unpaired) electrons. The third kappa shape index (κ3) is 3.77. The van der Waals surface area contributed by atoms with Crippen LogP contribution in [0.1, 0.15) is 63.4 Å². The molecule has 2 aliphatic rings. The van der Waals surface area contributed by atoms with Gasteiger partial charge in [-0.25, -0.2) is 13.1 Å². The lowest BCUT2D eigenvalue weighted by atomic mass is 9.79. The summed E-state index contributed by atoms with van der Waals surface area (Å²) in [4.78, 5) is 0. The van der Waals surface area contributed by atoms with Gasteiger partial charge >= 0.3 is 0 Å². The maximum absolute atomic E-state index is 12.7. The molecule has 0 heterocycles. The van der Waals surface area contributed by atoms with E-state index in [1.165, 1.54) is 12.0 Å². The topological polar surface area (TPSA) is 55.4 Å². The Morgan fingerprint density at radius 3 is 2.25 bits per heavy atom. The van der Waals surface area contributed by atoms with Gasteiger partial charge in [-0.1, -0.05) is 44.2 Å². The van der Waals surface area contributed by atoms with Crippen molar-refractivity contribution in [1.82, 2.24) is 4.72 Å². The summed E-state index contributed by atoms with van der Waals surface area (Å²) in [6.07, 6.45) is 9.29. The standard InChI is InChI=1S/C19H29NO3S/c1-23-17-11-9-16(10-12-17)19(13-5-6-14-19)15-20-24(21,22)18-7-3-2-4-8-18/h9-12,18,20H,2-8,13-15H2,1H3. The van der Waals surface area contributed by atoms with Crippen molar-refractivity contribution in [2.24, 2.45) is 0 Å². The molecule has 1 aromatic rings. The van der Waals surface area contributed by atoms with E-state index in [1.807, 2.05) is 12.1 Å². The molecule has 0 aliphatic heterocycles. The molecule has 0 unspecified atom stereocenters. The van der Waals surface area contributed by atoms with Crippen molar-refractivity contribution in [3.05, 3.63) is 29.8 Å². The molecule has 0 saturated heterocycles. The summed E-state index contributed by atoms with van der Waals surface area (Å²) in [5.41, 5.74) is 1.17. The van der Waals surface area contributed by atoms with Crippen LogP contribution in [0.2, 0.25) is 0 Å². The Morgan fingerprint density at radius 1 is 1.04 bits per heavy atom. The van der Waals surface area contributed by atoms with E-state index in [2.05, 4.69) is 16.9 Å². The summed E-state index contributed by atoms with van der Waals surface area (Å²) in [5, 5.41) is -0.194. The summed E-state index contributed by atoms with van der Waals surface area (Å²) in [6, 6.07) is 8.15. The van der Waals surface area contributed by atoms with Crippen molar-refractivity contribution in [3.8, 4) is 5.75 Å². The lowest BCUT2D eigenvalue weighted by Gasteiger charge is -2.31. The van der Waals surface area contributed by atoms with E-state index in [1.54, 1.807) is 7.11 Å². The van der Waals surface area contributed by atoms with Gasteiger partial charge in [-0.05, 0) is 43.4 Å². The van der Waals surface area contributed by atoms with Crippen LogP contribution in [0.4, 0.5) is 0 Å². The summed E-state index contributed by atoms with van der Waals surface area (Å²) in [5.74, 6) is 0.842. The molecule has 3 rings (SSSR count). The number of sulfonamides is 1. The van der Waals surface area contributed by atoms with Crippen LogP contribution in [0, 0.1) is 0 Å². The normalized spacial score (nSPS) is 21.7. The van der Waals surface area contributed by atoms with Gasteiger partial charge in [-0.3, -0.25) is 0 Å². The highest BCUT2D eigenvalue weighted by Crippen LogP contribution is 2.41. The number of hydrogen-bond donors (Lipinski definition) is 1. The molecule has 0 bridgehead atoms. The summed E-state index contributed by atoms with van der Waals surface area (Å²) in [7, 11) is -1.54. The van der Waals surface area contributed by atoms with Crippen LogP contribution in [-0.4, -0.2) is 27.3 Å². The van der Waals surface area contributed by atoms with Crippen LogP contribution in [0.5, 0.6) is 5.75 Å². The van der Waals surface area contributed by atoms with Gasteiger partial charge in [-0.15, -0.1) is 0 Å². The summed E-state index contributed by atoms with van der Waals surface area (Å²) in [6.45, 7) is 0.526. The molecule has 2 fully saturated rings. The van der Waals surface area contributed by atoms with Crippen molar-refractivity contribution >= 4 is 10.0 Å². The quantitative estimate of drug-likeness (QED) is 0.849. The Balaban J connectivity index is 1.73. The fourth-order valence-corrected chi connectivity index (χ4v) is 5.96. The van der Waals surface area contributed by atoms with Gasteiger partial charge in [0.05, 0.1) is 12.4 Å². The largest absolute Gasteiger partial charge is 0.497 e. The van der Waals surface area contributed by atoms with Crippen LogP contribution >= 0.6 is 0 Å². The zero-order chi connectivity index (χ0) is 17.0. The number of methoxy groups -OCH3 is 1. The second-order valence-electron chi connectivity index (χ2n) is 7.34. The van der Waals surface area contributed by atoms with E-state index in [0.29, 0.717) is 6.54 Å². The Kier molecular flexibility index (Phi) is 5.50. The minimum atomic E-state index is -3.20. The fraction of sp³-hybridized carbons (Fsp3) is 0.684. The molecule has 4 nitrogen and oxygen atoms in total. The van der Waals surface area contributed by atoms with E-state index >= 15 is 0 Å². The molecule has 0 spiro atoms. The van der Waals surface area contributed by atoms with Crippen LogP contribution in [0.15, 0.2) is 24.3 Å². The van der Waals surface area contributed by atoms with E-state index in [4.69, 9.17) is 4.74 Å². The molecule has 2 saturated carbocycles. The smallest absolute Gasteiger partial charge is 0.214 e. The minimum Gasteiger partial charge on any atom is -0.497 e. The third-order valence-electron chi connectivity index (χ3n) is 5.87. The highest BCUT2D eigenvalue weighted by atomic mass is 32.2. The van der Waals surface area contributed by atoms with E-state index in [9.17, 15) is 8.42 Å². The van der Waals surface area contributed by atoms with Gasteiger partial charge in [0.1, 0.15) is 5.75 Å². The SMILES string of the molecule is COc1ccc(C2(CNS(=O)(=O)C3CCCCC3)CCCC2)cc1. The van der Waals surface area contributed by atoms with Gasteiger partial charge < -0.3 is 4.74 Å². The first-order chi connectivity index (χ1) is 11.6. The van der Waals surface area contributed by atoms with E-state index < -0.39 is 10.0 Å². The summed E-state index contributed by atoms with van der Waals surface area (Å²) >= 11 is 0. The first-order valence-electron chi connectivity index (χ1n) is 9.19. The van der Waals surface area contributed by atoms with E-state index in [-0.39, 0.29) is 10.7 Å². The molecule has 1 N–H and O–H groups in total. The van der Waals surface area contributed by atoms with Crippen molar-refractivity contribution in [2.45, 2.75) is 68.5 Å². The number of ether oxygens (including phenoxy) is 1. The third-order valence-corrected chi connectivity index (χ3v) is 7.76. The molecule has 24 heavy (non-hydrogen) atoms. The van der Waals surface area contributed by atoms with Crippen molar-refractivity contribution in [2.75, 3.05) is 13.7 Å². The van der Waals surface area contributed by atoms with Gasteiger partial charge in [0, 0.05) is 12.0 Å². The predicted molar refractivity (Wildman–Crippen MR) is 96.9 cm³/mol. The molecule has 0 aromatic heterocycles. The Labute approximate surface area is 146 Å². The first-order valence-corrected chi connectivity index (χ1v) is 10.7. The molecule has 0 atom stereocenters. The van der Waals surface area contributed by atoms with Crippen molar-refractivity contribution < 1.29 is 13.2 Å². The van der Waals surface area contributed by atoms with Gasteiger partial charge in [0.2, 0.25) is 10.0 Å². The first kappa shape index (κ1) is 17.7. The van der Waals surface area contributed by atoms with Gasteiger partial charge in [0.15, 0.2) is 0 Å². The zero-order valence-electron chi connectivity index (χ0n) is 14.6. The maximum Gasteiger partial charge on any atom is 0.214 e. The predicted octanol–water partition coefficient (Wildman–Crippen LogP) is 3.76. The lowest BCUT2D eigenvalue weighted by molar-refractivity contribution is 0.409. The van der Waals surface area contributed by atoms with Crippen LogP contribution < -0.4 is 9.46 Å². The number of rotatable bonds is 6. The van der Waals surface area contributed by atoms with Gasteiger partial charge in [0.25, 0.3) is 0 Å². The lowest BCUT2D eigenvalue weighted by Crippen LogP contribution is -2.43. The minimum absolute atomic E-state index is 0.0615. The Bertz CT molecular complexity index is 627. The molecular weight excluding hydrogens is 322 g/mol. The molecule has 2 aliphatic carbocycles. The average Bonchev–Trinajstić information content (AvgIpc) is 3.11. The Morgan fingerprint density at radius 2 is 1.67 bits per heavy atom. The van der Waals surface area contributed by atoms with Crippen LogP contribution in [0.25, 0.3) is 0 Å². The second kappa shape index (κ2) is 7.44. The Hall–Kier alpha value is -1.07. The monoisotopic (exact) mass is 351 g/mol. The molecule has 1 aromatic carbocycles. The van der Waals surface area contributed by atoms with Crippen molar-refractivity contribution in [1.29, 1.82) is 0 Å². The van der Waals surface area contributed by atoms with Crippen molar-refractivity contribution in [3.63, 3.8) is 0 Å². The van der Waals surface area contributed by atoms with Crippen LogP contribution in [-0.2, 0) is 15.4 Å². The second-order valence-corrected chi connectivity index (χ2v) is 9.39. The highest BCUT2D eigenvalue weighted by molar-refractivity contribution is 7.90. The molecule has 5 heteroatoms. The zero-order valence-corrected chi connectivity index (χ0v) is 15.4. The number of nitrogens with one attached hydrogen (secondary N) is 1. The van der Waals surface area contributed by atoms with E-state index in [0.717, 1.165) is 57.1 Å². The van der Waals surface area contributed by atoms with Crippen LogP contribution in [0.3, 0.4) is 0 Å². The maximum atomic E-state index is 12.7. The number of hydrogen-bond acceptors (Lipinski definition) is 3. The number of benzene rings is 1. The fourth-order valence-electron chi connectivity index (χ4n) is 4.30. The molecule has 0 amide bonds. The van der Waals surface area contributed by atoms with Gasteiger partial charge in [-0.2, -0.15) is 0 Å². The highest BCUT2D eigenvalue weighted by Gasteiger charge is 2.38.